The van der Waals surface area contributed by atoms with Gasteiger partial charge in [-0.15, -0.1) is 0 Å². The van der Waals surface area contributed by atoms with Gasteiger partial charge in [-0.3, -0.25) is 14.3 Å². The molecule has 32 heavy (non-hydrogen) atoms. The highest BCUT2D eigenvalue weighted by atomic mass is 19.3. The third-order valence-electron chi connectivity index (χ3n) is 7.13. The van der Waals surface area contributed by atoms with Gasteiger partial charge in [0.25, 0.3) is 5.91 Å². The van der Waals surface area contributed by atoms with Gasteiger partial charge in [0.1, 0.15) is 11.1 Å². The van der Waals surface area contributed by atoms with Crippen molar-refractivity contribution in [1.82, 2.24) is 15.1 Å². The predicted octanol–water partition coefficient (Wildman–Crippen LogP) is 3.06. The van der Waals surface area contributed by atoms with Gasteiger partial charge in [-0.25, -0.2) is 15.4 Å². The summed E-state index contributed by atoms with van der Waals surface area (Å²) in [6, 6.07) is 0.300. The van der Waals surface area contributed by atoms with Crippen LogP contribution in [0.25, 0.3) is 4.85 Å². The molecule has 1 heterocycles. The number of nitrogens with zero attached hydrogens (tertiary/aromatic N) is 3. The molecular weight excluding hydrogens is 418 g/mol. The van der Waals surface area contributed by atoms with Crippen molar-refractivity contribution in [2.45, 2.75) is 87.8 Å². The largest absolute Gasteiger partial charge is 0.365 e. The number of anilines is 1. The minimum atomic E-state index is -2.54. The molecule has 1 aromatic heterocycles. The lowest BCUT2D eigenvalue weighted by Crippen LogP contribution is -2.48. The number of carbonyl (C=O) groups is 2. The third kappa shape index (κ3) is 4.93. The summed E-state index contributed by atoms with van der Waals surface area (Å²) in [5, 5.41) is 10.7. The highest BCUT2D eigenvalue weighted by Gasteiger charge is 2.43. The maximum Gasteiger partial charge on any atom is 0.254 e. The Morgan fingerprint density at radius 1 is 1.12 bits per heavy atom. The van der Waals surface area contributed by atoms with Gasteiger partial charge in [-0.1, -0.05) is 0 Å². The zero-order valence-electron chi connectivity index (χ0n) is 18.1. The summed E-state index contributed by atoms with van der Waals surface area (Å²) in [4.78, 5) is 27.8. The number of rotatable bonds is 7. The zero-order valence-corrected chi connectivity index (χ0v) is 18.1. The van der Waals surface area contributed by atoms with Crippen LogP contribution in [0.2, 0.25) is 0 Å². The van der Waals surface area contributed by atoms with E-state index in [1.165, 1.54) is 0 Å². The fourth-order valence-electron chi connectivity index (χ4n) is 4.92. The van der Waals surface area contributed by atoms with Gasteiger partial charge in [-0.2, -0.15) is 5.10 Å². The second-order valence-electron chi connectivity index (χ2n) is 9.58. The normalized spacial score (nSPS) is 28.1. The van der Waals surface area contributed by atoms with Crippen LogP contribution in [0.15, 0.2) is 6.20 Å². The van der Waals surface area contributed by atoms with E-state index >= 15 is 0 Å². The lowest BCUT2D eigenvalue weighted by atomic mass is 9.78. The van der Waals surface area contributed by atoms with Crippen LogP contribution < -0.4 is 16.4 Å². The van der Waals surface area contributed by atoms with Gasteiger partial charge in [0.2, 0.25) is 18.4 Å². The molecule has 8 nitrogen and oxygen atoms in total. The van der Waals surface area contributed by atoms with Crippen molar-refractivity contribution < 1.29 is 18.4 Å². The van der Waals surface area contributed by atoms with Crippen LogP contribution in [0.3, 0.4) is 0 Å². The zero-order chi connectivity index (χ0) is 22.9. The van der Waals surface area contributed by atoms with E-state index < -0.39 is 17.4 Å². The molecule has 3 aliphatic carbocycles. The van der Waals surface area contributed by atoms with Crippen LogP contribution in [-0.4, -0.2) is 46.1 Å². The first-order valence-electron chi connectivity index (χ1n) is 11.4. The van der Waals surface area contributed by atoms with Gasteiger partial charge in [-0.05, 0) is 51.4 Å². The molecule has 0 saturated heterocycles. The van der Waals surface area contributed by atoms with Gasteiger partial charge in [0.05, 0.1) is 0 Å². The number of nitrogens with one attached hydrogen (secondary N) is 2. The van der Waals surface area contributed by atoms with Gasteiger partial charge >= 0.3 is 0 Å². The number of alkyl halides is 2. The summed E-state index contributed by atoms with van der Waals surface area (Å²) in [5.41, 5.74) is 5.07. The number of aromatic nitrogens is 2. The highest BCUT2D eigenvalue weighted by Crippen LogP contribution is 2.38. The first-order valence-corrected chi connectivity index (χ1v) is 11.4. The predicted molar refractivity (Wildman–Crippen MR) is 114 cm³/mol. The molecule has 3 aliphatic rings. The lowest BCUT2D eigenvalue weighted by Gasteiger charge is -2.39. The van der Waals surface area contributed by atoms with Crippen molar-refractivity contribution in [3.05, 3.63) is 23.2 Å². The molecular formula is C22H30F2N6O2. The third-order valence-corrected chi connectivity index (χ3v) is 7.13. The number of nitrogens with two attached hydrogens (primary N) is 1. The van der Waals surface area contributed by atoms with Crippen molar-refractivity contribution in [1.29, 1.82) is 0 Å². The molecule has 0 radical (unpaired) electrons. The molecule has 0 bridgehead atoms. The molecule has 1 aromatic rings. The van der Waals surface area contributed by atoms with Crippen molar-refractivity contribution >= 4 is 17.6 Å². The average Bonchev–Trinajstić information content (AvgIpc) is 3.51. The Balaban J connectivity index is 1.45. The SMILES string of the molecule is [C-]#[N+]CC1(n2cc(C(N)=O)c(NC(=O)C3CC3)n2)CCC(NC2CCC(F)(F)CC2)CC1. The Kier molecular flexibility index (Phi) is 6.21. The topological polar surface area (TPSA) is 106 Å². The van der Waals surface area contributed by atoms with Crippen LogP contribution in [0.4, 0.5) is 14.6 Å². The molecule has 3 saturated carbocycles. The first-order chi connectivity index (χ1) is 15.2. The van der Waals surface area contributed by atoms with Crippen LogP contribution in [0, 0.1) is 12.5 Å². The fraction of sp³-hybridized carbons (Fsp3) is 0.727. The second kappa shape index (κ2) is 8.77. The Hall–Kier alpha value is -2.54. The molecule has 4 rings (SSSR count). The van der Waals surface area contributed by atoms with E-state index in [1.807, 2.05) is 0 Å². The number of primary amides is 1. The monoisotopic (exact) mass is 448 g/mol. The second-order valence-corrected chi connectivity index (χ2v) is 9.58. The molecule has 174 valence electrons. The standard InChI is InChI=1S/C22H30F2N6O2/c1-26-13-21(8-4-15(5-9-21)27-16-6-10-22(23,24)11-7-16)30-12-17(18(25)31)19(29-30)28-20(32)14-2-3-14/h12,14-16,27H,2-11,13H2,(H2,25,31)(H,28,29,32). The van der Waals surface area contributed by atoms with Crippen LogP contribution >= 0.6 is 0 Å². The summed E-state index contributed by atoms with van der Waals surface area (Å²) in [7, 11) is 0. The van der Waals surface area contributed by atoms with E-state index in [0.29, 0.717) is 25.7 Å². The van der Waals surface area contributed by atoms with Crippen molar-refractivity contribution in [2.75, 3.05) is 11.9 Å². The van der Waals surface area contributed by atoms with Crippen molar-refractivity contribution in [3.8, 4) is 0 Å². The summed E-state index contributed by atoms with van der Waals surface area (Å²) >= 11 is 0. The summed E-state index contributed by atoms with van der Waals surface area (Å²) in [6.45, 7) is 7.66. The molecule has 0 atom stereocenters. The molecule has 3 fully saturated rings. The average molecular weight is 449 g/mol. The Morgan fingerprint density at radius 3 is 2.25 bits per heavy atom. The Labute approximate surface area is 186 Å². The summed E-state index contributed by atoms with van der Waals surface area (Å²) in [6.07, 6.45) is 6.87. The van der Waals surface area contributed by atoms with E-state index in [1.54, 1.807) is 10.9 Å². The maximum atomic E-state index is 13.4. The minimum Gasteiger partial charge on any atom is -0.365 e. The van der Waals surface area contributed by atoms with Crippen molar-refractivity contribution in [3.63, 3.8) is 0 Å². The maximum absolute atomic E-state index is 13.4. The van der Waals surface area contributed by atoms with Gasteiger partial charge < -0.3 is 21.2 Å². The molecule has 0 aliphatic heterocycles. The molecule has 2 amide bonds. The number of carbonyl (C=O) groups excluding carboxylic acids is 2. The number of amides is 2. The van der Waals surface area contributed by atoms with Gasteiger partial charge in [0.15, 0.2) is 5.82 Å². The quantitative estimate of drug-likeness (QED) is 0.558. The van der Waals surface area contributed by atoms with Gasteiger partial charge in [0, 0.05) is 37.0 Å². The number of hydrogen-bond donors (Lipinski definition) is 3. The van der Waals surface area contributed by atoms with E-state index in [0.717, 1.165) is 25.7 Å². The number of hydrogen-bond acceptors (Lipinski definition) is 4. The molecule has 4 N–H and O–H groups in total. The van der Waals surface area contributed by atoms with Crippen molar-refractivity contribution in [2.24, 2.45) is 11.7 Å². The highest BCUT2D eigenvalue weighted by molar-refractivity contribution is 6.02. The molecule has 0 spiro atoms. The van der Waals surface area contributed by atoms with E-state index in [4.69, 9.17) is 12.3 Å². The van der Waals surface area contributed by atoms with E-state index in [2.05, 4.69) is 20.6 Å². The number of halogens is 2. The van der Waals surface area contributed by atoms with Crippen LogP contribution in [0.5, 0.6) is 0 Å². The summed E-state index contributed by atoms with van der Waals surface area (Å²) in [5.74, 6) is -3.27. The van der Waals surface area contributed by atoms with E-state index in [9.17, 15) is 18.4 Å². The van der Waals surface area contributed by atoms with Crippen LogP contribution in [0.1, 0.15) is 74.6 Å². The smallest absolute Gasteiger partial charge is 0.254 e. The molecule has 0 aromatic carbocycles. The molecule has 0 unspecified atom stereocenters. The Morgan fingerprint density at radius 2 is 1.72 bits per heavy atom. The lowest BCUT2D eigenvalue weighted by molar-refractivity contribution is -0.117. The Bertz CT molecular complexity index is 902. The van der Waals surface area contributed by atoms with E-state index in [-0.39, 0.29) is 54.7 Å². The molecule has 10 heteroatoms. The first kappa shape index (κ1) is 22.6. The summed E-state index contributed by atoms with van der Waals surface area (Å²) < 4.78 is 28.5. The fourth-order valence-corrected chi connectivity index (χ4v) is 4.92. The minimum absolute atomic E-state index is 0.0423. The van der Waals surface area contributed by atoms with Crippen LogP contribution in [-0.2, 0) is 10.3 Å².